The van der Waals surface area contributed by atoms with Gasteiger partial charge in [-0.2, -0.15) is 0 Å². The maximum atomic E-state index is 8.50. The third-order valence-corrected chi connectivity index (χ3v) is 2.36. The molecule has 1 rings (SSSR count). The third kappa shape index (κ3) is 4.30. The molecule has 1 aromatic heterocycles. The summed E-state index contributed by atoms with van der Waals surface area (Å²) in [6.45, 7) is 6.71. The van der Waals surface area contributed by atoms with Gasteiger partial charge in [-0.25, -0.2) is 0 Å². The van der Waals surface area contributed by atoms with Gasteiger partial charge >= 0.3 is 0 Å². The van der Waals surface area contributed by atoms with E-state index in [9.17, 15) is 0 Å². The van der Waals surface area contributed by atoms with Gasteiger partial charge in [-0.3, -0.25) is 0 Å². The Kier molecular flexibility index (Phi) is 6.07. The number of aryl methyl sites for hydroxylation is 2. The number of aliphatic hydroxyl groups is 1. The van der Waals surface area contributed by atoms with E-state index in [-0.39, 0.29) is 6.61 Å². The first-order chi connectivity index (χ1) is 7.75. The van der Waals surface area contributed by atoms with E-state index in [1.54, 1.807) is 0 Å². The molecule has 0 fully saturated rings. The number of aliphatic hydroxyl groups excluding tert-OH is 1. The molecule has 5 nitrogen and oxygen atoms in total. The number of nitrogens with one attached hydrogen (secondary N) is 1. The van der Waals surface area contributed by atoms with Crippen molar-refractivity contribution in [3.63, 3.8) is 0 Å². The molecular weight excluding hydrogens is 208 g/mol. The average molecular weight is 228 g/mol. The van der Waals surface area contributed by atoms with Gasteiger partial charge in [0.05, 0.1) is 18.9 Å². The van der Waals surface area contributed by atoms with Crippen LogP contribution in [0.3, 0.4) is 0 Å². The fraction of sp³-hybridized carbons (Fsp3) is 0.727. The Labute approximate surface area is 95.8 Å². The predicted molar refractivity (Wildman–Crippen MR) is 60.2 cm³/mol. The molecule has 92 valence electrons. The first-order valence-corrected chi connectivity index (χ1v) is 5.56. The van der Waals surface area contributed by atoms with Gasteiger partial charge in [0.15, 0.2) is 0 Å². The number of hydrogen-bond donors (Lipinski definition) is 2. The van der Waals surface area contributed by atoms with E-state index in [1.807, 2.05) is 13.8 Å². The number of ether oxygens (including phenoxy) is 1. The second-order valence-electron chi connectivity index (χ2n) is 3.67. The Morgan fingerprint density at radius 2 is 2.19 bits per heavy atom. The fourth-order valence-electron chi connectivity index (χ4n) is 1.43. The van der Waals surface area contributed by atoms with Crippen molar-refractivity contribution in [3.05, 3.63) is 17.0 Å². The van der Waals surface area contributed by atoms with Gasteiger partial charge in [0.2, 0.25) is 0 Å². The minimum absolute atomic E-state index is 0.0898. The molecule has 5 heteroatoms. The fourth-order valence-corrected chi connectivity index (χ4v) is 1.43. The number of aromatic nitrogens is 1. The normalized spacial score (nSPS) is 10.9. The summed E-state index contributed by atoms with van der Waals surface area (Å²) in [6.07, 6.45) is 0.934. The summed E-state index contributed by atoms with van der Waals surface area (Å²) in [5.74, 6) is 0.876. The van der Waals surface area contributed by atoms with E-state index in [4.69, 9.17) is 14.4 Å². The van der Waals surface area contributed by atoms with Crippen LogP contribution in [0.25, 0.3) is 0 Å². The van der Waals surface area contributed by atoms with Gasteiger partial charge in [0.25, 0.3) is 0 Å². The Balaban J connectivity index is 2.07. The molecule has 1 heterocycles. The summed E-state index contributed by atoms with van der Waals surface area (Å²) in [4.78, 5) is 0. The first-order valence-electron chi connectivity index (χ1n) is 5.56. The van der Waals surface area contributed by atoms with Gasteiger partial charge in [-0.05, 0) is 26.8 Å². The minimum Gasteiger partial charge on any atom is -0.394 e. The van der Waals surface area contributed by atoms with Crippen molar-refractivity contribution in [1.29, 1.82) is 0 Å². The molecule has 2 N–H and O–H groups in total. The number of hydrogen-bond acceptors (Lipinski definition) is 5. The average Bonchev–Trinajstić information content (AvgIpc) is 2.59. The lowest BCUT2D eigenvalue weighted by molar-refractivity contribution is 0.0907. The molecule has 0 aliphatic rings. The van der Waals surface area contributed by atoms with Crippen LogP contribution in [0.15, 0.2) is 4.52 Å². The summed E-state index contributed by atoms with van der Waals surface area (Å²) in [7, 11) is 0. The zero-order valence-electron chi connectivity index (χ0n) is 9.95. The van der Waals surface area contributed by atoms with Gasteiger partial charge in [0, 0.05) is 18.7 Å². The van der Waals surface area contributed by atoms with Gasteiger partial charge in [0.1, 0.15) is 5.76 Å². The number of rotatable bonds is 8. The molecule has 0 saturated heterocycles. The van der Waals surface area contributed by atoms with E-state index < -0.39 is 0 Å². The van der Waals surface area contributed by atoms with Crippen LogP contribution < -0.4 is 5.32 Å². The highest BCUT2D eigenvalue weighted by atomic mass is 16.5. The van der Waals surface area contributed by atoms with Crippen LogP contribution in [0, 0.1) is 13.8 Å². The minimum atomic E-state index is 0.0898. The van der Waals surface area contributed by atoms with E-state index in [0.29, 0.717) is 13.2 Å². The maximum absolute atomic E-state index is 8.50. The second-order valence-corrected chi connectivity index (χ2v) is 3.67. The molecule has 0 aliphatic carbocycles. The highest BCUT2D eigenvalue weighted by Crippen LogP contribution is 2.11. The third-order valence-electron chi connectivity index (χ3n) is 2.36. The number of nitrogens with zero attached hydrogens (tertiary/aromatic N) is 1. The SMILES string of the molecule is Cc1noc(C)c1CNCCCOCCO. The largest absolute Gasteiger partial charge is 0.394 e. The lowest BCUT2D eigenvalue weighted by atomic mass is 10.2. The van der Waals surface area contributed by atoms with E-state index >= 15 is 0 Å². The summed E-state index contributed by atoms with van der Waals surface area (Å²) >= 11 is 0. The summed E-state index contributed by atoms with van der Waals surface area (Å²) in [5, 5.41) is 15.7. The van der Waals surface area contributed by atoms with Crippen LogP contribution in [0.2, 0.25) is 0 Å². The van der Waals surface area contributed by atoms with Crippen LogP contribution in [0.4, 0.5) is 0 Å². The summed E-state index contributed by atoms with van der Waals surface area (Å²) < 4.78 is 10.2. The van der Waals surface area contributed by atoms with Crippen LogP contribution >= 0.6 is 0 Å². The molecule has 0 amide bonds. The molecule has 0 radical (unpaired) electrons. The Bertz CT molecular complexity index is 280. The molecule has 0 spiro atoms. The predicted octanol–water partition coefficient (Wildman–Crippen LogP) is 0.780. The Morgan fingerprint density at radius 1 is 1.38 bits per heavy atom. The monoisotopic (exact) mass is 228 g/mol. The zero-order chi connectivity index (χ0) is 11.8. The van der Waals surface area contributed by atoms with E-state index in [2.05, 4.69) is 10.5 Å². The second kappa shape index (κ2) is 7.38. The quantitative estimate of drug-likeness (QED) is 0.644. The molecule has 0 saturated carbocycles. The first kappa shape index (κ1) is 13.2. The van der Waals surface area contributed by atoms with E-state index in [0.717, 1.165) is 36.5 Å². The van der Waals surface area contributed by atoms with Crippen molar-refractivity contribution >= 4 is 0 Å². The Morgan fingerprint density at radius 3 is 2.81 bits per heavy atom. The lowest BCUT2D eigenvalue weighted by Crippen LogP contribution is -2.17. The van der Waals surface area contributed by atoms with Crippen molar-refractivity contribution in [2.45, 2.75) is 26.8 Å². The summed E-state index contributed by atoms with van der Waals surface area (Å²) in [5.41, 5.74) is 2.08. The smallest absolute Gasteiger partial charge is 0.138 e. The van der Waals surface area contributed by atoms with Crippen molar-refractivity contribution < 1.29 is 14.4 Å². The molecule has 0 aliphatic heterocycles. The van der Waals surface area contributed by atoms with Crippen LogP contribution in [-0.2, 0) is 11.3 Å². The van der Waals surface area contributed by atoms with Crippen molar-refractivity contribution in [3.8, 4) is 0 Å². The Hall–Kier alpha value is -0.910. The zero-order valence-corrected chi connectivity index (χ0v) is 9.95. The molecule has 1 aromatic rings. The van der Waals surface area contributed by atoms with Crippen molar-refractivity contribution in [1.82, 2.24) is 10.5 Å². The van der Waals surface area contributed by atoms with Crippen molar-refractivity contribution in [2.24, 2.45) is 0 Å². The van der Waals surface area contributed by atoms with Gasteiger partial charge in [-0.15, -0.1) is 0 Å². The maximum Gasteiger partial charge on any atom is 0.138 e. The van der Waals surface area contributed by atoms with Gasteiger partial charge < -0.3 is 19.7 Å². The molecular formula is C11H20N2O3. The molecule has 0 aromatic carbocycles. The molecule has 0 bridgehead atoms. The van der Waals surface area contributed by atoms with Crippen LogP contribution in [0.1, 0.15) is 23.4 Å². The highest BCUT2D eigenvalue weighted by Gasteiger charge is 2.07. The van der Waals surface area contributed by atoms with E-state index in [1.165, 1.54) is 0 Å². The van der Waals surface area contributed by atoms with Crippen LogP contribution in [0.5, 0.6) is 0 Å². The van der Waals surface area contributed by atoms with Crippen molar-refractivity contribution in [2.75, 3.05) is 26.4 Å². The molecule has 16 heavy (non-hydrogen) atoms. The van der Waals surface area contributed by atoms with Crippen LogP contribution in [-0.4, -0.2) is 36.6 Å². The topological polar surface area (TPSA) is 67.5 Å². The summed E-state index contributed by atoms with van der Waals surface area (Å²) in [6, 6.07) is 0. The standard InChI is InChI=1S/C11H20N2O3/c1-9-11(10(2)16-13-9)8-12-4-3-6-15-7-5-14/h12,14H,3-8H2,1-2H3. The van der Waals surface area contributed by atoms with Gasteiger partial charge in [-0.1, -0.05) is 5.16 Å². The lowest BCUT2D eigenvalue weighted by Gasteiger charge is -2.04. The molecule has 0 unspecified atom stereocenters. The highest BCUT2D eigenvalue weighted by molar-refractivity contribution is 5.20. The molecule has 0 atom stereocenters.